The van der Waals surface area contributed by atoms with E-state index in [2.05, 4.69) is 6.07 Å². The van der Waals surface area contributed by atoms with Crippen molar-refractivity contribution in [2.75, 3.05) is 13.2 Å². The van der Waals surface area contributed by atoms with Crippen LogP contribution in [-0.4, -0.2) is 23.9 Å². The Morgan fingerprint density at radius 2 is 2.19 bits per heavy atom. The lowest BCUT2D eigenvalue weighted by Crippen LogP contribution is -2.36. The van der Waals surface area contributed by atoms with Crippen LogP contribution < -0.4 is 4.74 Å². The third kappa shape index (κ3) is 2.41. The fraction of sp³-hybridized carbons (Fsp3) is 0.588. The lowest BCUT2D eigenvalue weighted by atomic mass is 9.75. The molecule has 0 aliphatic carbocycles. The molecule has 0 saturated carbocycles. The number of nitrogens with zero attached hydrogens (tertiary/aromatic N) is 1. The Morgan fingerprint density at radius 3 is 2.86 bits per heavy atom. The van der Waals surface area contributed by atoms with E-state index in [1.54, 1.807) is 0 Å². The third-order valence-electron chi connectivity index (χ3n) is 4.43. The van der Waals surface area contributed by atoms with Gasteiger partial charge < -0.3 is 14.6 Å². The first kappa shape index (κ1) is 14.4. The molecule has 21 heavy (non-hydrogen) atoms. The molecule has 0 aromatic heterocycles. The molecule has 2 aliphatic rings. The van der Waals surface area contributed by atoms with Gasteiger partial charge in [0.25, 0.3) is 0 Å². The zero-order valence-corrected chi connectivity index (χ0v) is 12.6. The Labute approximate surface area is 125 Å². The molecule has 2 unspecified atom stereocenters. The number of para-hydroxylation sites is 1. The van der Waals surface area contributed by atoms with Gasteiger partial charge in [-0.25, -0.2) is 0 Å². The van der Waals surface area contributed by atoms with Crippen LogP contribution in [0.25, 0.3) is 0 Å². The number of ether oxygens (including phenoxy) is 2. The maximum Gasteiger partial charge on any atom is 0.129 e. The van der Waals surface area contributed by atoms with E-state index >= 15 is 0 Å². The highest BCUT2D eigenvalue weighted by atomic mass is 16.5. The van der Waals surface area contributed by atoms with Crippen molar-refractivity contribution < 1.29 is 14.6 Å². The lowest BCUT2D eigenvalue weighted by molar-refractivity contribution is -0.0517. The Morgan fingerprint density at radius 1 is 1.38 bits per heavy atom. The molecular weight excluding hydrogens is 266 g/mol. The molecule has 1 aromatic rings. The van der Waals surface area contributed by atoms with Gasteiger partial charge in [-0.15, -0.1) is 0 Å². The maximum atomic E-state index is 10.8. The van der Waals surface area contributed by atoms with Gasteiger partial charge in [-0.3, -0.25) is 0 Å². The number of hydrogen-bond acceptors (Lipinski definition) is 4. The Kier molecular flexibility index (Phi) is 3.43. The number of aliphatic hydroxyl groups is 1. The van der Waals surface area contributed by atoms with Gasteiger partial charge in [-0.2, -0.15) is 5.26 Å². The van der Waals surface area contributed by atoms with Gasteiger partial charge in [0.05, 0.1) is 12.7 Å². The molecule has 2 atom stereocenters. The van der Waals surface area contributed by atoms with Gasteiger partial charge in [0.2, 0.25) is 0 Å². The van der Waals surface area contributed by atoms with Crippen molar-refractivity contribution in [2.24, 2.45) is 5.41 Å². The highest BCUT2D eigenvalue weighted by Gasteiger charge is 2.44. The number of rotatable bonds is 2. The quantitative estimate of drug-likeness (QED) is 0.908. The molecule has 0 amide bonds. The average Bonchev–Trinajstić information content (AvgIpc) is 2.80. The van der Waals surface area contributed by atoms with Gasteiger partial charge in [0, 0.05) is 18.6 Å². The number of fused-ring (bicyclic) bond motifs is 1. The second-order valence-corrected chi connectivity index (χ2v) is 6.70. The summed E-state index contributed by atoms with van der Waals surface area (Å²) in [5, 5.41) is 20.4. The third-order valence-corrected chi connectivity index (χ3v) is 4.43. The summed E-state index contributed by atoms with van der Waals surface area (Å²) in [5.41, 5.74) is 0.677. The molecule has 2 heterocycles. The van der Waals surface area contributed by atoms with E-state index in [-0.39, 0.29) is 12.2 Å². The summed E-state index contributed by atoms with van der Waals surface area (Å²) in [6, 6.07) is 8.11. The Balaban J connectivity index is 1.98. The second kappa shape index (κ2) is 5.01. The van der Waals surface area contributed by atoms with Crippen LogP contribution in [-0.2, 0) is 11.2 Å². The molecular formula is C17H21NO3. The van der Waals surface area contributed by atoms with Crippen molar-refractivity contribution in [1.82, 2.24) is 0 Å². The van der Waals surface area contributed by atoms with E-state index in [1.807, 2.05) is 32.0 Å². The summed E-state index contributed by atoms with van der Waals surface area (Å²) in [6.45, 7) is 5.00. The number of aliphatic hydroxyl groups excluding tert-OH is 1. The van der Waals surface area contributed by atoms with Crippen LogP contribution in [0.1, 0.15) is 43.9 Å². The topological polar surface area (TPSA) is 62.5 Å². The molecule has 1 fully saturated rings. The molecule has 112 valence electrons. The fourth-order valence-electron chi connectivity index (χ4n) is 3.33. The van der Waals surface area contributed by atoms with Gasteiger partial charge in [-0.05, 0) is 32.3 Å². The molecule has 3 rings (SSSR count). The number of nitriles is 1. The van der Waals surface area contributed by atoms with Crippen LogP contribution in [0.4, 0.5) is 0 Å². The summed E-state index contributed by atoms with van der Waals surface area (Å²) >= 11 is 0. The largest absolute Gasteiger partial charge is 0.487 e. The first-order chi connectivity index (χ1) is 9.97. The average molecular weight is 287 g/mol. The van der Waals surface area contributed by atoms with E-state index in [4.69, 9.17) is 9.47 Å². The van der Waals surface area contributed by atoms with E-state index < -0.39 is 11.5 Å². The molecule has 4 heteroatoms. The summed E-state index contributed by atoms with van der Waals surface area (Å²) in [6.07, 6.45) is 1.38. The van der Waals surface area contributed by atoms with E-state index in [0.29, 0.717) is 18.6 Å². The zero-order valence-electron chi connectivity index (χ0n) is 12.6. The highest BCUT2D eigenvalue weighted by molar-refractivity contribution is 5.48. The molecule has 2 aliphatic heterocycles. The fourth-order valence-corrected chi connectivity index (χ4v) is 3.33. The molecule has 0 radical (unpaired) electrons. The molecule has 1 aromatic carbocycles. The Hall–Kier alpha value is -1.57. The Bertz CT molecular complexity index is 582. The second-order valence-electron chi connectivity index (χ2n) is 6.70. The smallest absolute Gasteiger partial charge is 0.129 e. The zero-order chi connectivity index (χ0) is 15.1. The van der Waals surface area contributed by atoms with Crippen molar-refractivity contribution in [3.05, 3.63) is 29.3 Å². The molecule has 1 N–H and O–H groups in total. The van der Waals surface area contributed by atoms with Gasteiger partial charge in [0.1, 0.15) is 22.9 Å². The van der Waals surface area contributed by atoms with Crippen LogP contribution in [0.5, 0.6) is 5.75 Å². The summed E-state index contributed by atoms with van der Waals surface area (Å²) < 4.78 is 11.5. The van der Waals surface area contributed by atoms with Crippen LogP contribution >= 0.6 is 0 Å². The highest BCUT2D eigenvalue weighted by Crippen LogP contribution is 2.47. The lowest BCUT2D eigenvalue weighted by Gasteiger charge is -2.35. The molecule has 1 saturated heterocycles. The van der Waals surface area contributed by atoms with Crippen LogP contribution in [0.3, 0.4) is 0 Å². The van der Waals surface area contributed by atoms with Crippen LogP contribution in [0, 0.1) is 16.7 Å². The van der Waals surface area contributed by atoms with Gasteiger partial charge >= 0.3 is 0 Å². The molecule has 4 nitrogen and oxygen atoms in total. The van der Waals surface area contributed by atoms with Crippen LogP contribution in [0.15, 0.2) is 18.2 Å². The standard InChI is InChI=1S/C17H21NO3/c1-16(2)9-12-5-3-6-13(14(12)21-16)15(19)17(10-18)7-4-8-20-11-17/h3,5-6,15,19H,4,7-9,11H2,1-2H3. The first-order valence-corrected chi connectivity index (χ1v) is 7.45. The minimum absolute atomic E-state index is 0.263. The minimum Gasteiger partial charge on any atom is -0.487 e. The molecule has 0 bridgehead atoms. The minimum atomic E-state index is -0.883. The summed E-state index contributed by atoms with van der Waals surface area (Å²) in [4.78, 5) is 0. The predicted octanol–water partition coefficient (Wildman–Crippen LogP) is 2.75. The monoisotopic (exact) mass is 287 g/mol. The van der Waals surface area contributed by atoms with Crippen molar-refractivity contribution >= 4 is 0 Å². The summed E-state index contributed by atoms with van der Waals surface area (Å²) in [7, 11) is 0. The van der Waals surface area contributed by atoms with Crippen molar-refractivity contribution in [2.45, 2.75) is 44.8 Å². The first-order valence-electron chi connectivity index (χ1n) is 7.45. The molecule has 0 spiro atoms. The summed E-state index contributed by atoms with van der Waals surface area (Å²) in [5.74, 6) is 0.746. The maximum absolute atomic E-state index is 10.8. The van der Waals surface area contributed by atoms with Crippen molar-refractivity contribution in [3.63, 3.8) is 0 Å². The van der Waals surface area contributed by atoms with Crippen molar-refractivity contribution in [1.29, 1.82) is 5.26 Å². The predicted molar refractivity (Wildman–Crippen MR) is 77.9 cm³/mol. The van der Waals surface area contributed by atoms with E-state index in [0.717, 1.165) is 24.2 Å². The van der Waals surface area contributed by atoms with Crippen LogP contribution in [0.2, 0.25) is 0 Å². The SMILES string of the molecule is CC1(C)Cc2cccc(C(O)C3(C#N)CCCOC3)c2O1. The normalized spacial score (nSPS) is 28.3. The van der Waals surface area contributed by atoms with Gasteiger partial charge in [0.15, 0.2) is 0 Å². The number of hydrogen-bond donors (Lipinski definition) is 1. The van der Waals surface area contributed by atoms with Crippen molar-refractivity contribution in [3.8, 4) is 11.8 Å². The van der Waals surface area contributed by atoms with Gasteiger partial charge in [-0.1, -0.05) is 18.2 Å². The van der Waals surface area contributed by atoms with E-state index in [1.165, 1.54) is 0 Å². The van der Waals surface area contributed by atoms with E-state index in [9.17, 15) is 10.4 Å². The number of benzene rings is 1.